The van der Waals surface area contributed by atoms with Crippen LogP contribution in [-0.2, 0) is 12.3 Å². The minimum atomic E-state index is -2.34. The van der Waals surface area contributed by atoms with Gasteiger partial charge >= 0.3 is 0 Å². The van der Waals surface area contributed by atoms with Gasteiger partial charge in [-0.15, -0.1) is 0 Å². The summed E-state index contributed by atoms with van der Waals surface area (Å²) < 4.78 is 29.7. The second-order valence-corrected chi connectivity index (χ2v) is 6.63. The van der Waals surface area contributed by atoms with E-state index in [9.17, 15) is 8.78 Å². The van der Waals surface area contributed by atoms with Crippen LogP contribution in [0, 0.1) is 5.92 Å². The Morgan fingerprint density at radius 1 is 1.33 bits per heavy atom. The lowest BCUT2D eigenvalue weighted by Crippen LogP contribution is -2.31. The van der Waals surface area contributed by atoms with Crippen molar-refractivity contribution >= 4 is 11.8 Å². The van der Waals surface area contributed by atoms with Gasteiger partial charge in [0.1, 0.15) is 11.5 Å². The summed E-state index contributed by atoms with van der Waals surface area (Å²) in [5, 5.41) is 3.38. The molecule has 0 aliphatic carbocycles. The van der Waals surface area contributed by atoms with Crippen LogP contribution < -0.4 is 5.32 Å². The van der Waals surface area contributed by atoms with Crippen LogP contribution >= 0.6 is 11.8 Å². The fraction of sp³-hybridized carbons (Fsp3) is 0.733. The van der Waals surface area contributed by atoms with Crippen LogP contribution in [0.2, 0.25) is 0 Å². The first-order valence-corrected chi connectivity index (χ1v) is 8.55. The molecule has 0 radical (unpaired) electrons. The second-order valence-electron chi connectivity index (χ2n) is 5.65. The maximum absolute atomic E-state index is 12.1. The summed E-state index contributed by atoms with van der Waals surface area (Å²) in [6.07, 6.45) is 3.77. The summed E-state index contributed by atoms with van der Waals surface area (Å²) in [6.45, 7) is 4.06. The summed E-state index contributed by atoms with van der Waals surface area (Å²) in [5.41, 5.74) is 0. The third-order valence-corrected chi connectivity index (χ3v) is 4.64. The Morgan fingerprint density at radius 2 is 2.05 bits per heavy atom. The smallest absolute Gasteiger partial charge is 0.284 e. The maximum Gasteiger partial charge on any atom is 0.284 e. The summed E-state index contributed by atoms with van der Waals surface area (Å²) in [7, 11) is 2.18. The number of likely N-dealkylation sites (tertiary alicyclic amines) is 1. The molecule has 2 heterocycles. The van der Waals surface area contributed by atoms with E-state index in [4.69, 9.17) is 4.42 Å². The van der Waals surface area contributed by atoms with Crippen molar-refractivity contribution in [3.8, 4) is 0 Å². The normalized spacial score (nSPS) is 17.7. The molecule has 21 heavy (non-hydrogen) atoms. The van der Waals surface area contributed by atoms with Crippen molar-refractivity contribution in [1.29, 1.82) is 0 Å². The first-order chi connectivity index (χ1) is 10.1. The zero-order chi connectivity index (χ0) is 15.1. The predicted octanol–water partition coefficient (Wildman–Crippen LogP) is 3.56. The molecule has 0 atom stereocenters. The van der Waals surface area contributed by atoms with Gasteiger partial charge in [0.2, 0.25) is 0 Å². The second kappa shape index (κ2) is 8.76. The third kappa shape index (κ3) is 6.36. The van der Waals surface area contributed by atoms with Gasteiger partial charge in [0.25, 0.3) is 5.76 Å². The van der Waals surface area contributed by atoms with Gasteiger partial charge in [-0.1, -0.05) is 11.8 Å². The van der Waals surface area contributed by atoms with Gasteiger partial charge in [0.15, 0.2) is 0 Å². The zero-order valence-electron chi connectivity index (χ0n) is 12.5. The van der Waals surface area contributed by atoms with Gasteiger partial charge < -0.3 is 14.6 Å². The molecule has 1 aliphatic heterocycles. The highest BCUT2D eigenvalue weighted by Crippen LogP contribution is 2.21. The number of rotatable bonds is 8. The van der Waals surface area contributed by atoms with E-state index in [2.05, 4.69) is 17.3 Å². The molecule has 120 valence electrons. The Bertz CT molecular complexity index is 406. The van der Waals surface area contributed by atoms with Gasteiger partial charge in [-0.3, -0.25) is 0 Å². The highest BCUT2D eigenvalue weighted by Gasteiger charge is 2.15. The first kappa shape index (κ1) is 16.8. The molecule has 1 fully saturated rings. The third-order valence-electron chi connectivity index (χ3n) is 3.94. The standard InChI is InChI=1S/C15H24F2N2OS/c1-19-8-5-12(6-9-19)4-7-18-10-13-2-3-14(20-13)11-21-15(16)17/h2-3,12,15,18H,4-11H2,1H3. The number of nitrogens with one attached hydrogen (secondary N) is 1. The summed E-state index contributed by atoms with van der Waals surface area (Å²) in [6, 6.07) is 3.65. The first-order valence-electron chi connectivity index (χ1n) is 7.50. The van der Waals surface area contributed by atoms with Gasteiger partial charge in [-0.2, -0.15) is 8.78 Å². The lowest BCUT2D eigenvalue weighted by Gasteiger charge is -2.28. The van der Waals surface area contributed by atoms with Crippen molar-refractivity contribution in [3.05, 3.63) is 23.7 Å². The predicted molar refractivity (Wildman–Crippen MR) is 82.6 cm³/mol. The quantitative estimate of drug-likeness (QED) is 0.742. The van der Waals surface area contributed by atoms with E-state index in [1.54, 1.807) is 6.07 Å². The number of hydrogen-bond acceptors (Lipinski definition) is 4. The molecule has 1 N–H and O–H groups in total. The molecule has 6 heteroatoms. The molecular formula is C15H24F2N2OS. The molecule has 1 saturated heterocycles. The molecule has 0 amide bonds. The number of piperidine rings is 1. The number of nitrogens with zero attached hydrogens (tertiary/aromatic N) is 1. The zero-order valence-corrected chi connectivity index (χ0v) is 13.3. The van der Waals surface area contributed by atoms with Crippen LogP contribution in [0.4, 0.5) is 8.78 Å². The molecule has 0 aromatic carbocycles. The van der Waals surface area contributed by atoms with Crippen LogP contribution in [0.3, 0.4) is 0 Å². The minimum absolute atomic E-state index is 0.229. The van der Waals surface area contributed by atoms with Crippen molar-refractivity contribution in [2.24, 2.45) is 5.92 Å². The van der Waals surface area contributed by atoms with Crippen LogP contribution in [0.1, 0.15) is 30.8 Å². The largest absolute Gasteiger partial charge is 0.464 e. The Labute approximate surface area is 129 Å². The van der Waals surface area contributed by atoms with Gasteiger partial charge in [-0.05, 0) is 64.0 Å². The molecule has 1 aromatic rings. The topological polar surface area (TPSA) is 28.4 Å². The SMILES string of the molecule is CN1CCC(CCNCc2ccc(CSC(F)F)o2)CC1. The summed E-state index contributed by atoms with van der Waals surface area (Å²) in [5.74, 6) is 0.151. The van der Waals surface area contributed by atoms with Gasteiger partial charge in [0, 0.05) is 0 Å². The Morgan fingerprint density at radius 3 is 2.76 bits per heavy atom. The van der Waals surface area contributed by atoms with E-state index < -0.39 is 5.76 Å². The lowest BCUT2D eigenvalue weighted by molar-refractivity contribution is 0.211. The highest BCUT2D eigenvalue weighted by atomic mass is 32.2. The van der Waals surface area contributed by atoms with Crippen LogP contribution in [0.5, 0.6) is 0 Å². The van der Waals surface area contributed by atoms with Crippen molar-refractivity contribution in [2.75, 3.05) is 26.7 Å². The molecule has 3 nitrogen and oxygen atoms in total. The molecule has 2 rings (SSSR count). The molecule has 1 aromatic heterocycles. The molecule has 0 saturated carbocycles. The highest BCUT2D eigenvalue weighted by molar-refractivity contribution is 7.98. The molecule has 0 bridgehead atoms. The Hall–Kier alpha value is -0.590. The van der Waals surface area contributed by atoms with Crippen molar-refractivity contribution < 1.29 is 13.2 Å². The van der Waals surface area contributed by atoms with Gasteiger partial charge in [0.05, 0.1) is 12.3 Å². The minimum Gasteiger partial charge on any atom is -0.464 e. The number of thioether (sulfide) groups is 1. The van der Waals surface area contributed by atoms with Gasteiger partial charge in [-0.25, -0.2) is 0 Å². The van der Waals surface area contributed by atoms with Crippen molar-refractivity contribution in [2.45, 2.75) is 37.3 Å². The van der Waals surface area contributed by atoms with Crippen LogP contribution in [0.15, 0.2) is 16.5 Å². The monoisotopic (exact) mass is 318 g/mol. The number of furan rings is 1. The van der Waals surface area contributed by atoms with E-state index in [0.29, 0.717) is 24.1 Å². The van der Waals surface area contributed by atoms with Crippen LogP contribution in [-0.4, -0.2) is 37.3 Å². The molecule has 1 aliphatic rings. The van der Waals surface area contributed by atoms with E-state index in [1.165, 1.54) is 32.4 Å². The average Bonchev–Trinajstić information content (AvgIpc) is 2.91. The lowest BCUT2D eigenvalue weighted by atomic mass is 9.94. The molecular weight excluding hydrogens is 294 g/mol. The van der Waals surface area contributed by atoms with E-state index in [0.717, 1.165) is 18.2 Å². The van der Waals surface area contributed by atoms with E-state index in [-0.39, 0.29) is 5.75 Å². The fourth-order valence-electron chi connectivity index (χ4n) is 2.61. The van der Waals surface area contributed by atoms with E-state index in [1.807, 2.05) is 6.07 Å². The summed E-state index contributed by atoms with van der Waals surface area (Å²) in [4.78, 5) is 2.38. The molecule has 0 unspecified atom stereocenters. The van der Waals surface area contributed by atoms with Crippen LogP contribution in [0.25, 0.3) is 0 Å². The number of hydrogen-bond donors (Lipinski definition) is 1. The number of alkyl halides is 2. The Kier molecular flexibility index (Phi) is 6.99. The number of halogens is 2. The Balaban J connectivity index is 1.58. The van der Waals surface area contributed by atoms with Crippen molar-refractivity contribution in [1.82, 2.24) is 10.2 Å². The van der Waals surface area contributed by atoms with Crippen molar-refractivity contribution in [3.63, 3.8) is 0 Å². The summed E-state index contributed by atoms with van der Waals surface area (Å²) >= 11 is 0.594. The fourth-order valence-corrected chi connectivity index (χ4v) is 3.05. The average molecular weight is 318 g/mol. The molecule has 0 spiro atoms. The van der Waals surface area contributed by atoms with E-state index >= 15 is 0 Å². The maximum atomic E-state index is 12.1.